The van der Waals surface area contributed by atoms with Gasteiger partial charge in [0.05, 0.1) is 0 Å². The first-order valence-corrected chi connectivity index (χ1v) is 3.12. The summed E-state index contributed by atoms with van der Waals surface area (Å²) in [5.74, 6) is 0. The third-order valence-corrected chi connectivity index (χ3v) is 1.06. The topological polar surface area (TPSA) is 26.0 Å². The van der Waals surface area contributed by atoms with Crippen LogP contribution >= 0.6 is 0 Å². The van der Waals surface area contributed by atoms with Crippen molar-refractivity contribution < 1.29 is 0 Å². The lowest BCUT2D eigenvalue weighted by Gasteiger charge is -1.90. The molecule has 0 aliphatic carbocycles. The van der Waals surface area contributed by atoms with Crippen molar-refractivity contribution in [1.29, 1.82) is 0 Å². The molecule has 0 saturated carbocycles. The van der Waals surface area contributed by atoms with Gasteiger partial charge in [-0.2, -0.15) is 0 Å². The van der Waals surface area contributed by atoms with Gasteiger partial charge in [-0.1, -0.05) is 26.2 Å². The van der Waals surface area contributed by atoms with Crippen LogP contribution in [-0.2, 0) is 0 Å². The van der Waals surface area contributed by atoms with E-state index in [2.05, 4.69) is 6.92 Å². The van der Waals surface area contributed by atoms with Crippen molar-refractivity contribution in [2.45, 2.75) is 32.6 Å². The van der Waals surface area contributed by atoms with Gasteiger partial charge in [0, 0.05) is 23.1 Å². The second-order valence-corrected chi connectivity index (χ2v) is 1.85. The van der Waals surface area contributed by atoms with E-state index >= 15 is 0 Å². The molecule has 0 rings (SSSR count). The smallest absolute Gasteiger partial charge is 0 e. The van der Waals surface area contributed by atoms with Gasteiger partial charge in [0.2, 0.25) is 0 Å². The molecular formula is C6H15MgN. The molecule has 0 heterocycles. The molecule has 0 aliphatic rings. The van der Waals surface area contributed by atoms with Gasteiger partial charge in [-0.05, 0) is 13.0 Å². The van der Waals surface area contributed by atoms with E-state index in [-0.39, 0.29) is 23.1 Å². The van der Waals surface area contributed by atoms with Gasteiger partial charge in [0.15, 0.2) is 0 Å². The summed E-state index contributed by atoms with van der Waals surface area (Å²) in [6.45, 7) is 3.07. The second kappa shape index (κ2) is 10.7. The van der Waals surface area contributed by atoms with E-state index in [0.717, 1.165) is 6.54 Å². The predicted octanol–water partition coefficient (Wildman–Crippen LogP) is 1.14. The first-order chi connectivity index (χ1) is 3.41. The standard InChI is InChI=1S/C6H15N.Mg/c1-2-3-4-5-6-7;/h2-7H2,1H3;. The van der Waals surface area contributed by atoms with Gasteiger partial charge in [-0.15, -0.1) is 0 Å². The van der Waals surface area contributed by atoms with Crippen LogP contribution in [0.1, 0.15) is 32.6 Å². The Bertz CT molecular complexity index is 27.7. The zero-order valence-corrected chi connectivity index (χ0v) is 7.23. The highest BCUT2D eigenvalue weighted by Gasteiger charge is 1.80. The van der Waals surface area contributed by atoms with Crippen LogP contribution in [0, 0.1) is 0 Å². The van der Waals surface area contributed by atoms with Gasteiger partial charge in [-0.3, -0.25) is 0 Å². The number of unbranched alkanes of at least 4 members (excludes halogenated alkanes) is 3. The van der Waals surface area contributed by atoms with Crippen LogP contribution < -0.4 is 5.73 Å². The zero-order valence-electron chi connectivity index (χ0n) is 5.82. The SMILES string of the molecule is CCCCCCN.[Mg]. The molecule has 46 valence electrons. The van der Waals surface area contributed by atoms with Crippen molar-refractivity contribution in [3.05, 3.63) is 0 Å². The van der Waals surface area contributed by atoms with Crippen molar-refractivity contribution in [2.75, 3.05) is 6.54 Å². The molecule has 0 aromatic rings. The molecule has 2 N–H and O–H groups in total. The molecule has 0 aliphatic heterocycles. The molecule has 0 atom stereocenters. The number of nitrogens with two attached hydrogens (primary N) is 1. The Labute approximate surface area is 68.2 Å². The summed E-state index contributed by atoms with van der Waals surface area (Å²) >= 11 is 0. The number of hydrogen-bond acceptors (Lipinski definition) is 1. The van der Waals surface area contributed by atoms with E-state index in [1.165, 1.54) is 25.7 Å². The molecule has 0 saturated heterocycles. The molecule has 0 spiro atoms. The van der Waals surface area contributed by atoms with Gasteiger partial charge < -0.3 is 5.73 Å². The minimum atomic E-state index is 0. The van der Waals surface area contributed by atoms with E-state index in [1.807, 2.05) is 0 Å². The summed E-state index contributed by atoms with van der Waals surface area (Å²) in [4.78, 5) is 0. The minimum absolute atomic E-state index is 0. The van der Waals surface area contributed by atoms with Gasteiger partial charge in [0.1, 0.15) is 0 Å². The maximum atomic E-state index is 5.27. The molecule has 0 aromatic carbocycles. The average molecular weight is 125 g/mol. The summed E-state index contributed by atoms with van der Waals surface area (Å²) in [6.07, 6.45) is 5.16. The molecule has 8 heavy (non-hydrogen) atoms. The monoisotopic (exact) mass is 125 g/mol. The Hall–Kier alpha value is 0.726. The van der Waals surface area contributed by atoms with E-state index in [9.17, 15) is 0 Å². The third-order valence-electron chi connectivity index (χ3n) is 1.06. The van der Waals surface area contributed by atoms with E-state index in [4.69, 9.17) is 5.73 Å². The summed E-state index contributed by atoms with van der Waals surface area (Å²) < 4.78 is 0. The third kappa shape index (κ3) is 9.87. The normalized spacial score (nSPS) is 8.25. The van der Waals surface area contributed by atoms with E-state index < -0.39 is 0 Å². The van der Waals surface area contributed by atoms with Crippen LogP contribution in [0.5, 0.6) is 0 Å². The Balaban J connectivity index is 0. The Morgan fingerprint density at radius 3 is 2.12 bits per heavy atom. The summed E-state index contributed by atoms with van der Waals surface area (Å²) in [5, 5.41) is 0. The molecular weight excluding hydrogens is 110 g/mol. The Morgan fingerprint density at radius 1 is 1.12 bits per heavy atom. The minimum Gasteiger partial charge on any atom is -0.330 e. The van der Waals surface area contributed by atoms with Crippen LogP contribution in [0.4, 0.5) is 0 Å². The lowest BCUT2D eigenvalue weighted by molar-refractivity contribution is 0.674. The first kappa shape index (κ1) is 11.5. The van der Waals surface area contributed by atoms with E-state index in [0.29, 0.717) is 0 Å². The van der Waals surface area contributed by atoms with Gasteiger partial charge in [-0.25, -0.2) is 0 Å². The molecule has 0 fully saturated rings. The van der Waals surface area contributed by atoms with Crippen LogP contribution in [0.25, 0.3) is 0 Å². The highest BCUT2D eigenvalue weighted by Crippen LogP contribution is 1.95. The van der Waals surface area contributed by atoms with E-state index in [1.54, 1.807) is 0 Å². The highest BCUT2D eigenvalue weighted by atomic mass is 24.3. The largest absolute Gasteiger partial charge is 0.330 e. The van der Waals surface area contributed by atoms with Crippen molar-refractivity contribution in [2.24, 2.45) is 5.73 Å². The van der Waals surface area contributed by atoms with Crippen molar-refractivity contribution in [3.8, 4) is 0 Å². The Kier molecular flexibility index (Phi) is 15.3. The highest BCUT2D eigenvalue weighted by molar-refractivity contribution is 5.75. The van der Waals surface area contributed by atoms with Crippen LogP contribution in [0.2, 0.25) is 0 Å². The molecule has 0 aromatic heterocycles. The fraction of sp³-hybridized carbons (Fsp3) is 1.00. The number of rotatable bonds is 4. The number of hydrogen-bond donors (Lipinski definition) is 1. The summed E-state index contributed by atoms with van der Waals surface area (Å²) in [5.41, 5.74) is 5.27. The van der Waals surface area contributed by atoms with Gasteiger partial charge >= 0.3 is 0 Å². The predicted molar refractivity (Wildman–Crippen MR) is 39.0 cm³/mol. The summed E-state index contributed by atoms with van der Waals surface area (Å²) in [7, 11) is 0. The maximum Gasteiger partial charge on any atom is 0 e. The van der Waals surface area contributed by atoms with Crippen molar-refractivity contribution >= 4 is 23.1 Å². The quantitative estimate of drug-likeness (QED) is 0.443. The average Bonchev–Trinajstić information content (AvgIpc) is 1.69. The first-order valence-electron chi connectivity index (χ1n) is 3.12. The molecule has 2 radical (unpaired) electrons. The molecule has 0 unspecified atom stereocenters. The van der Waals surface area contributed by atoms with Crippen LogP contribution in [0.15, 0.2) is 0 Å². The van der Waals surface area contributed by atoms with Crippen molar-refractivity contribution in [1.82, 2.24) is 0 Å². The van der Waals surface area contributed by atoms with Crippen molar-refractivity contribution in [3.63, 3.8) is 0 Å². The van der Waals surface area contributed by atoms with Crippen LogP contribution in [0.3, 0.4) is 0 Å². The lowest BCUT2D eigenvalue weighted by Crippen LogP contribution is -1.97. The molecule has 0 bridgehead atoms. The molecule has 1 nitrogen and oxygen atoms in total. The summed E-state index contributed by atoms with van der Waals surface area (Å²) in [6, 6.07) is 0. The van der Waals surface area contributed by atoms with Crippen LogP contribution in [-0.4, -0.2) is 29.6 Å². The molecule has 0 amide bonds. The lowest BCUT2D eigenvalue weighted by atomic mass is 10.2. The Morgan fingerprint density at radius 2 is 1.75 bits per heavy atom. The fourth-order valence-electron chi connectivity index (χ4n) is 0.571. The second-order valence-electron chi connectivity index (χ2n) is 1.85. The van der Waals surface area contributed by atoms with Gasteiger partial charge in [0.25, 0.3) is 0 Å². The zero-order chi connectivity index (χ0) is 5.54. The molecule has 2 heteroatoms. The maximum absolute atomic E-state index is 5.27. The fourth-order valence-corrected chi connectivity index (χ4v) is 0.571.